The molecule has 0 saturated carbocycles. The smallest absolute Gasteiger partial charge is 0.324 e. The number of hydrogen-bond acceptors (Lipinski definition) is 2. The fourth-order valence-electron chi connectivity index (χ4n) is 2.43. The second kappa shape index (κ2) is 4.90. The van der Waals surface area contributed by atoms with Crippen LogP contribution < -0.4 is 5.73 Å². The molecule has 2 rings (SSSR count). The highest BCUT2D eigenvalue weighted by Gasteiger charge is 2.31. The summed E-state index contributed by atoms with van der Waals surface area (Å²) in [5.41, 5.74) is 6.27. The molecule has 5 heteroatoms. The van der Waals surface area contributed by atoms with Gasteiger partial charge in [-0.15, -0.1) is 0 Å². The van der Waals surface area contributed by atoms with Gasteiger partial charge in [-0.05, 0) is 43.6 Å². The predicted molar refractivity (Wildman–Crippen MR) is 64.0 cm³/mol. The number of hydrogen-bond donors (Lipinski definition) is 1. The Labute approximate surface area is 105 Å². The summed E-state index contributed by atoms with van der Waals surface area (Å²) < 4.78 is 37.3. The zero-order valence-corrected chi connectivity index (χ0v) is 10.2. The van der Waals surface area contributed by atoms with Crippen molar-refractivity contribution in [2.24, 2.45) is 11.7 Å². The van der Waals surface area contributed by atoms with Gasteiger partial charge in [-0.3, -0.25) is 0 Å². The topological polar surface area (TPSA) is 29.3 Å². The molecule has 18 heavy (non-hydrogen) atoms. The largest absolute Gasteiger partial charge is 0.416 e. The molecule has 100 valence electrons. The van der Waals surface area contributed by atoms with E-state index in [0.29, 0.717) is 5.92 Å². The maximum absolute atomic E-state index is 12.4. The number of alkyl halides is 3. The third kappa shape index (κ3) is 2.84. The molecule has 0 spiro atoms. The maximum atomic E-state index is 12.4. The number of nitrogens with zero attached hydrogens (tertiary/aromatic N) is 1. The van der Waals surface area contributed by atoms with Crippen LogP contribution in [-0.2, 0) is 6.18 Å². The maximum Gasteiger partial charge on any atom is 0.416 e. The third-order valence-corrected chi connectivity index (χ3v) is 3.56. The van der Waals surface area contributed by atoms with Gasteiger partial charge >= 0.3 is 6.18 Å². The first-order chi connectivity index (χ1) is 8.38. The van der Waals surface area contributed by atoms with Gasteiger partial charge in [-0.25, -0.2) is 0 Å². The number of nitrogens with two attached hydrogens (primary N) is 1. The third-order valence-electron chi connectivity index (χ3n) is 3.56. The lowest BCUT2D eigenvalue weighted by Crippen LogP contribution is -2.24. The minimum Gasteiger partial charge on any atom is -0.324 e. The van der Waals surface area contributed by atoms with Gasteiger partial charge in [-0.2, -0.15) is 13.2 Å². The molecule has 2 N–H and O–H groups in total. The summed E-state index contributed by atoms with van der Waals surface area (Å²) in [6.07, 6.45) is -3.28. The van der Waals surface area contributed by atoms with Gasteiger partial charge in [-0.1, -0.05) is 12.1 Å². The van der Waals surface area contributed by atoms with Crippen molar-refractivity contribution in [2.45, 2.75) is 18.6 Å². The van der Waals surface area contributed by atoms with Crippen molar-refractivity contribution < 1.29 is 13.2 Å². The lowest BCUT2D eigenvalue weighted by molar-refractivity contribution is -0.137. The number of rotatable bonds is 2. The molecule has 1 aliphatic rings. The SMILES string of the molecule is CN1CCC(C(N)c2ccc(C(F)(F)F)cc2)C1. The highest BCUT2D eigenvalue weighted by molar-refractivity contribution is 5.27. The summed E-state index contributed by atoms with van der Waals surface area (Å²) in [6.45, 7) is 1.90. The molecule has 1 saturated heterocycles. The van der Waals surface area contributed by atoms with E-state index in [1.165, 1.54) is 12.1 Å². The van der Waals surface area contributed by atoms with E-state index in [1.54, 1.807) is 0 Å². The van der Waals surface area contributed by atoms with Gasteiger partial charge in [0.05, 0.1) is 5.56 Å². The van der Waals surface area contributed by atoms with E-state index in [2.05, 4.69) is 4.90 Å². The van der Waals surface area contributed by atoms with E-state index >= 15 is 0 Å². The zero-order chi connectivity index (χ0) is 13.3. The van der Waals surface area contributed by atoms with Crippen LogP contribution in [0.4, 0.5) is 13.2 Å². The Balaban J connectivity index is 2.10. The van der Waals surface area contributed by atoms with Crippen LogP contribution in [0.25, 0.3) is 0 Å². The molecule has 0 bridgehead atoms. The molecule has 1 heterocycles. The Morgan fingerprint density at radius 1 is 1.28 bits per heavy atom. The van der Waals surface area contributed by atoms with E-state index in [0.717, 1.165) is 37.2 Å². The highest BCUT2D eigenvalue weighted by atomic mass is 19.4. The van der Waals surface area contributed by atoms with E-state index in [9.17, 15) is 13.2 Å². The summed E-state index contributed by atoms with van der Waals surface area (Å²) in [5.74, 6) is 0.326. The zero-order valence-electron chi connectivity index (χ0n) is 10.2. The van der Waals surface area contributed by atoms with Gasteiger partial charge in [0.2, 0.25) is 0 Å². The standard InChI is InChI=1S/C13H17F3N2/c1-18-7-6-10(8-18)12(17)9-2-4-11(5-3-9)13(14,15)16/h2-5,10,12H,6-8,17H2,1H3. The second-order valence-electron chi connectivity index (χ2n) is 4.96. The van der Waals surface area contributed by atoms with Crippen LogP contribution in [0.2, 0.25) is 0 Å². The molecule has 2 unspecified atom stereocenters. The van der Waals surface area contributed by atoms with Gasteiger partial charge in [0.1, 0.15) is 0 Å². The van der Waals surface area contributed by atoms with E-state index in [1.807, 2.05) is 7.05 Å². The quantitative estimate of drug-likeness (QED) is 0.883. The molecule has 1 aliphatic heterocycles. The summed E-state index contributed by atoms with van der Waals surface area (Å²) in [6, 6.07) is 5.01. The van der Waals surface area contributed by atoms with Crippen LogP contribution >= 0.6 is 0 Å². The first-order valence-electron chi connectivity index (χ1n) is 5.99. The van der Waals surface area contributed by atoms with Crippen molar-refractivity contribution in [3.05, 3.63) is 35.4 Å². The summed E-state index contributed by atoms with van der Waals surface area (Å²) in [7, 11) is 2.03. The van der Waals surface area contributed by atoms with E-state index in [4.69, 9.17) is 5.73 Å². The van der Waals surface area contributed by atoms with Crippen molar-refractivity contribution in [3.8, 4) is 0 Å². The molecular formula is C13H17F3N2. The average molecular weight is 258 g/mol. The Bertz CT molecular complexity index is 400. The lowest BCUT2D eigenvalue weighted by atomic mass is 9.92. The normalized spacial score (nSPS) is 23.3. The molecule has 1 aromatic carbocycles. The van der Waals surface area contributed by atoms with Crippen LogP contribution in [0.15, 0.2) is 24.3 Å². The van der Waals surface area contributed by atoms with Gasteiger partial charge < -0.3 is 10.6 Å². The number of likely N-dealkylation sites (tertiary alicyclic amines) is 1. The number of halogens is 3. The lowest BCUT2D eigenvalue weighted by Gasteiger charge is -2.20. The fraction of sp³-hybridized carbons (Fsp3) is 0.538. The molecule has 1 aromatic rings. The predicted octanol–water partition coefficient (Wildman–Crippen LogP) is 2.66. The Morgan fingerprint density at radius 3 is 2.33 bits per heavy atom. The molecule has 0 aromatic heterocycles. The van der Waals surface area contributed by atoms with E-state index in [-0.39, 0.29) is 6.04 Å². The second-order valence-corrected chi connectivity index (χ2v) is 4.96. The first kappa shape index (κ1) is 13.4. The van der Waals surface area contributed by atoms with Crippen molar-refractivity contribution in [2.75, 3.05) is 20.1 Å². The monoisotopic (exact) mass is 258 g/mol. The van der Waals surface area contributed by atoms with E-state index < -0.39 is 11.7 Å². The minimum absolute atomic E-state index is 0.183. The molecule has 1 fully saturated rings. The van der Waals surface area contributed by atoms with Crippen LogP contribution in [0, 0.1) is 5.92 Å². The molecule has 0 amide bonds. The molecule has 0 radical (unpaired) electrons. The Hall–Kier alpha value is -1.07. The first-order valence-corrected chi connectivity index (χ1v) is 5.99. The van der Waals surface area contributed by atoms with Crippen LogP contribution in [0.3, 0.4) is 0 Å². The molecular weight excluding hydrogens is 241 g/mol. The summed E-state index contributed by atoms with van der Waals surface area (Å²) in [4.78, 5) is 2.19. The van der Waals surface area contributed by atoms with Gasteiger partial charge in [0.25, 0.3) is 0 Å². The van der Waals surface area contributed by atoms with Crippen molar-refractivity contribution >= 4 is 0 Å². The highest BCUT2D eigenvalue weighted by Crippen LogP contribution is 2.32. The molecule has 2 nitrogen and oxygen atoms in total. The number of benzene rings is 1. The summed E-state index contributed by atoms with van der Waals surface area (Å²) in [5, 5.41) is 0. The van der Waals surface area contributed by atoms with Crippen LogP contribution in [0.1, 0.15) is 23.6 Å². The van der Waals surface area contributed by atoms with Crippen molar-refractivity contribution in [1.82, 2.24) is 4.90 Å². The average Bonchev–Trinajstić information content (AvgIpc) is 2.74. The Kier molecular flexibility index (Phi) is 3.64. The van der Waals surface area contributed by atoms with Crippen molar-refractivity contribution in [1.29, 1.82) is 0 Å². The van der Waals surface area contributed by atoms with Gasteiger partial charge in [0.15, 0.2) is 0 Å². The molecule has 2 atom stereocenters. The fourth-order valence-corrected chi connectivity index (χ4v) is 2.43. The van der Waals surface area contributed by atoms with Crippen molar-refractivity contribution in [3.63, 3.8) is 0 Å². The minimum atomic E-state index is -4.28. The van der Waals surface area contributed by atoms with Gasteiger partial charge in [0, 0.05) is 12.6 Å². The van der Waals surface area contributed by atoms with Crippen LogP contribution in [-0.4, -0.2) is 25.0 Å². The molecule has 0 aliphatic carbocycles. The van der Waals surface area contributed by atoms with Crippen LogP contribution in [0.5, 0.6) is 0 Å². The summed E-state index contributed by atoms with van der Waals surface area (Å²) >= 11 is 0. The Morgan fingerprint density at radius 2 is 1.89 bits per heavy atom.